The zero-order valence-electron chi connectivity index (χ0n) is 10.5. The number of nitrogens with zero attached hydrogens (tertiary/aromatic N) is 5. The molecule has 11 nitrogen and oxygen atoms in total. The van der Waals surface area contributed by atoms with Crippen LogP contribution in [0.4, 0.5) is 17.3 Å². The highest BCUT2D eigenvalue weighted by Gasteiger charge is 2.22. The van der Waals surface area contributed by atoms with Gasteiger partial charge in [0, 0.05) is 19.9 Å². The molecule has 0 unspecified atom stereocenters. The zero-order valence-corrected chi connectivity index (χ0v) is 10.5. The molecule has 20 heavy (non-hydrogen) atoms. The molecule has 0 radical (unpaired) electrons. The summed E-state index contributed by atoms with van der Waals surface area (Å²) < 4.78 is 4.82. The Hall–Kier alpha value is -2.82. The van der Waals surface area contributed by atoms with Crippen LogP contribution in [0, 0.1) is 17.0 Å². The van der Waals surface area contributed by atoms with Gasteiger partial charge in [-0.05, 0) is 0 Å². The first kappa shape index (κ1) is 13.6. The fourth-order valence-electron chi connectivity index (χ4n) is 1.52. The molecule has 0 fully saturated rings. The van der Waals surface area contributed by atoms with E-state index in [-0.39, 0.29) is 17.3 Å². The molecule has 0 spiro atoms. The molecular weight excluding hydrogens is 268 g/mol. The Labute approximate surface area is 112 Å². The molecule has 11 heteroatoms. The molecule has 0 aliphatic carbocycles. The first-order valence-corrected chi connectivity index (χ1v) is 5.61. The van der Waals surface area contributed by atoms with Gasteiger partial charge in [0.2, 0.25) is 17.5 Å². The molecule has 2 aromatic rings. The van der Waals surface area contributed by atoms with Crippen molar-refractivity contribution in [3.8, 4) is 0 Å². The van der Waals surface area contributed by atoms with E-state index in [1.165, 1.54) is 6.33 Å². The number of nitro groups is 1. The van der Waals surface area contributed by atoms with Gasteiger partial charge in [-0.1, -0.05) is 5.16 Å². The quantitative estimate of drug-likeness (QED) is 0.374. The van der Waals surface area contributed by atoms with Crippen molar-refractivity contribution >= 4 is 17.3 Å². The summed E-state index contributed by atoms with van der Waals surface area (Å²) in [6.07, 6.45) is 1.60. The molecule has 0 aliphatic rings. The van der Waals surface area contributed by atoms with Crippen LogP contribution in [0.2, 0.25) is 0 Å². The number of hydrazine groups is 1. The number of nitrogens with two attached hydrogens (primary N) is 1. The average molecular weight is 280 g/mol. The van der Waals surface area contributed by atoms with E-state index in [1.54, 1.807) is 6.92 Å². The maximum absolute atomic E-state index is 11.0. The Bertz CT molecular complexity index is 613. The molecular formula is C9H12N8O3. The summed E-state index contributed by atoms with van der Waals surface area (Å²) in [5.41, 5.74) is 1.84. The van der Waals surface area contributed by atoms with Gasteiger partial charge >= 0.3 is 5.69 Å². The highest BCUT2D eigenvalue weighted by molar-refractivity contribution is 5.68. The summed E-state index contributed by atoms with van der Waals surface area (Å²) in [5, 5.41) is 17.5. The molecule has 0 saturated carbocycles. The van der Waals surface area contributed by atoms with Crippen molar-refractivity contribution in [1.29, 1.82) is 0 Å². The Morgan fingerprint density at radius 1 is 1.45 bits per heavy atom. The number of aromatic nitrogens is 4. The second-order valence-corrected chi connectivity index (χ2v) is 3.73. The Morgan fingerprint density at radius 3 is 2.80 bits per heavy atom. The van der Waals surface area contributed by atoms with Gasteiger partial charge < -0.3 is 15.3 Å². The van der Waals surface area contributed by atoms with Gasteiger partial charge in [0.25, 0.3) is 0 Å². The maximum atomic E-state index is 11.0. The molecule has 2 rings (SSSR count). The number of nitrogens with one attached hydrogen (secondary N) is 2. The van der Waals surface area contributed by atoms with E-state index in [1.807, 2.05) is 0 Å². The van der Waals surface area contributed by atoms with E-state index >= 15 is 0 Å². The van der Waals surface area contributed by atoms with Crippen molar-refractivity contribution in [2.24, 2.45) is 5.84 Å². The third kappa shape index (κ3) is 2.95. The van der Waals surface area contributed by atoms with E-state index in [4.69, 9.17) is 10.4 Å². The highest BCUT2D eigenvalue weighted by atomic mass is 16.6. The Morgan fingerprint density at radius 2 is 2.20 bits per heavy atom. The molecule has 0 saturated heterocycles. The van der Waals surface area contributed by atoms with Crippen LogP contribution in [0.3, 0.4) is 0 Å². The second-order valence-electron chi connectivity index (χ2n) is 3.73. The van der Waals surface area contributed by atoms with Crippen LogP contribution in [-0.2, 0) is 6.42 Å². The lowest BCUT2D eigenvalue weighted by Gasteiger charge is -2.06. The van der Waals surface area contributed by atoms with Gasteiger partial charge in [0.15, 0.2) is 5.82 Å². The van der Waals surface area contributed by atoms with Crippen LogP contribution in [0.1, 0.15) is 11.7 Å². The van der Waals surface area contributed by atoms with Crippen LogP contribution >= 0.6 is 0 Å². The van der Waals surface area contributed by atoms with Gasteiger partial charge in [-0.25, -0.2) is 15.8 Å². The molecule has 106 valence electrons. The van der Waals surface area contributed by atoms with Gasteiger partial charge in [0.1, 0.15) is 6.33 Å². The third-order valence-electron chi connectivity index (χ3n) is 2.35. The molecule has 0 amide bonds. The first-order chi connectivity index (χ1) is 9.61. The Kier molecular flexibility index (Phi) is 4.00. The molecule has 2 aromatic heterocycles. The zero-order chi connectivity index (χ0) is 14.5. The van der Waals surface area contributed by atoms with Crippen LogP contribution in [0.15, 0.2) is 10.9 Å². The minimum atomic E-state index is -0.615. The lowest BCUT2D eigenvalue weighted by atomic mass is 10.3. The van der Waals surface area contributed by atoms with E-state index in [2.05, 4.69) is 30.9 Å². The molecule has 0 aromatic carbocycles. The normalized spacial score (nSPS) is 10.3. The monoisotopic (exact) mass is 280 g/mol. The standard InChI is InChI=1S/C9H12N8O3/c1-5-14-6(16-20-5)2-3-11-8-7(17(18)19)9(15-10)13-4-12-8/h4H,2-3,10H2,1H3,(H2,11,12,13,15). The highest BCUT2D eigenvalue weighted by Crippen LogP contribution is 2.27. The summed E-state index contributed by atoms with van der Waals surface area (Å²) >= 11 is 0. The number of hydrogen-bond donors (Lipinski definition) is 3. The molecule has 0 aliphatic heterocycles. The molecule has 4 N–H and O–H groups in total. The van der Waals surface area contributed by atoms with Gasteiger partial charge in [-0.3, -0.25) is 10.1 Å². The summed E-state index contributed by atoms with van der Waals surface area (Å²) in [6.45, 7) is 2.03. The minimum Gasteiger partial charge on any atom is -0.364 e. The van der Waals surface area contributed by atoms with Crippen molar-refractivity contribution < 1.29 is 9.45 Å². The van der Waals surface area contributed by atoms with Crippen LogP contribution in [-0.4, -0.2) is 31.6 Å². The third-order valence-corrected chi connectivity index (χ3v) is 2.35. The van der Waals surface area contributed by atoms with Crippen LogP contribution < -0.4 is 16.6 Å². The number of nitrogen functional groups attached to an aromatic ring is 1. The number of hydrogen-bond acceptors (Lipinski definition) is 10. The lowest BCUT2D eigenvalue weighted by Crippen LogP contribution is -2.15. The summed E-state index contributed by atoms with van der Waals surface area (Å²) in [4.78, 5) is 21.9. The maximum Gasteiger partial charge on any atom is 0.354 e. The van der Waals surface area contributed by atoms with E-state index in [0.29, 0.717) is 24.7 Å². The van der Waals surface area contributed by atoms with Crippen molar-refractivity contribution in [2.75, 3.05) is 17.3 Å². The van der Waals surface area contributed by atoms with Crippen molar-refractivity contribution in [3.05, 3.63) is 28.2 Å². The number of anilines is 2. The van der Waals surface area contributed by atoms with Crippen LogP contribution in [0.5, 0.6) is 0 Å². The molecule has 0 atom stereocenters. The largest absolute Gasteiger partial charge is 0.364 e. The predicted molar refractivity (Wildman–Crippen MR) is 67.7 cm³/mol. The van der Waals surface area contributed by atoms with Crippen molar-refractivity contribution in [2.45, 2.75) is 13.3 Å². The topological polar surface area (TPSA) is 158 Å². The minimum absolute atomic E-state index is 0.0668. The fraction of sp³-hybridized carbons (Fsp3) is 0.333. The van der Waals surface area contributed by atoms with Gasteiger partial charge in [0.05, 0.1) is 4.92 Å². The summed E-state index contributed by atoms with van der Waals surface area (Å²) in [5.74, 6) is 6.14. The van der Waals surface area contributed by atoms with E-state index in [9.17, 15) is 10.1 Å². The van der Waals surface area contributed by atoms with E-state index < -0.39 is 4.92 Å². The van der Waals surface area contributed by atoms with Gasteiger partial charge in [-0.2, -0.15) is 4.98 Å². The average Bonchev–Trinajstić information content (AvgIpc) is 2.83. The fourth-order valence-corrected chi connectivity index (χ4v) is 1.52. The van der Waals surface area contributed by atoms with Crippen LogP contribution in [0.25, 0.3) is 0 Å². The first-order valence-electron chi connectivity index (χ1n) is 5.61. The molecule has 0 bridgehead atoms. The lowest BCUT2D eigenvalue weighted by molar-refractivity contribution is -0.383. The second kappa shape index (κ2) is 5.88. The van der Waals surface area contributed by atoms with E-state index in [0.717, 1.165) is 0 Å². The van der Waals surface area contributed by atoms with Gasteiger partial charge in [-0.15, -0.1) is 0 Å². The Balaban J connectivity index is 2.07. The summed E-state index contributed by atoms with van der Waals surface area (Å²) in [7, 11) is 0. The van der Waals surface area contributed by atoms with Crippen molar-refractivity contribution in [3.63, 3.8) is 0 Å². The van der Waals surface area contributed by atoms with Crippen molar-refractivity contribution in [1.82, 2.24) is 20.1 Å². The predicted octanol–water partition coefficient (Wildman–Crippen LogP) is 0.0164. The molecule has 2 heterocycles. The smallest absolute Gasteiger partial charge is 0.354 e. The number of rotatable bonds is 6. The summed E-state index contributed by atoms with van der Waals surface area (Å²) in [6, 6.07) is 0. The SMILES string of the molecule is Cc1nc(CCNc2ncnc(NN)c2[N+](=O)[O-])no1. The number of aryl methyl sites for hydroxylation is 1.